The summed E-state index contributed by atoms with van der Waals surface area (Å²) in [5, 5.41) is 4.72. The average molecular weight is 381 g/mol. The Bertz CT molecular complexity index is 882. The van der Waals surface area contributed by atoms with Gasteiger partial charge in [-0.3, -0.25) is 4.90 Å². The van der Waals surface area contributed by atoms with Gasteiger partial charge in [0.05, 0.1) is 0 Å². The van der Waals surface area contributed by atoms with E-state index in [1.807, 2.05) is 24.8 Å². The van der Waals surface area contributed by atoms with Crippen LogP contribution in [-0.4, -0.2) is 59.1 Å². The summed E-state index contributed by atoms with van der Waals surface area (Å²) in [5.41, 5.74) is 5.43. The molecule has 0 bridgehead atoms. The summed E-state index contributed by atoms with van der Waals surface area (Å²) in [6.45, 7) is 13.4. The SMILES string of the molecule is C=CCN1C[C@@H](NC(=O)N(CC)CC)CC2c3cccc4[nH]c(C)c(c34)C[C@H]21. The van der Waals surface area contributed by atoms with E-state index < -0.39 is 0 Å². The third kappa shape index (κ3) is 3.12. The van der Waals surface area contributed by atoms with Gasteiger partial charge in [0.25, 0.3) is 0 Å². The fourth-order valence-corrected chi connectivity index (χ4v) is 5.32. The zero-order valence-corrected chi connectivity index (χ0v) is 17.3. The molecule has 1 aliphatic heterocycles. The Labute approximate surface area is 167 Å². The third-order valence-electron chi connectivity index (χ3n) is 6.65. The molecule has 2 N–H and O–H groups in total. The molecule has 1 aromatic heterocycles. The van der Waals surface area contributed by atoms with E-state index in [-0.39, 0.29) is 12.1 Å². The summed E-state index contributed by atoms with van der Waals surface area (Å²) >= 11 is 0. The lowest BCUT2D eigenvalue weighted by Gasteiger charge is -2.47. The van der Waals surface area contributed by atoms with Crippen LogP contribution < -0.4 is 5.32 Å². The molecular weight excluding hydrogens is 348 g/mol. The molecule has 4 rings (SSSR count). The van der Waals surface area contributed by atoms with Gasteiger partial charge in [-0.05, 0) is 50.8 Å². The van der Waals surface area contributed by atoms with Crippen LogP contribution in [0.2, 0.25) is 0 Å². The van der Waals surface area contributed by atoms with Gasteiger partial charge in [-0.1, -0.05) is 18.2 Å². The van der Waals surface area contributed by atoms with Crippen molar-refractivity contribution >= 4 is 16.9 Å². The lowest BCUT2D eigenvalue weighted by Crippen LogP contribution is -2.57. The molecule has 28 heavy (non-hydrogen) atoms. The number of fused-ring (bicyclic) bond motifs is 2. The molecule has 1 aromatic carbocycles. The first-order valence-corrected chi connectivity index (χ1v) is 10.6. The Kier molecular flexibility index (Phi) is 5.19. The predicted octanol–water partition coefficient (Wildman–Crippen LogP) is 3.80. The molecule has 1 saturated heterocycles. The van der Waals surface area contributed by atoms with E-state index in [9.17, 15) is 4.79 Å². The van der Waals surface area contributed by atoms with Gasteiger partial charge in [-0.25, -0.2) is 4.79 Å². The van der Waals surface area contributed by atoms with E-state index in [2.05, 4.69) is 46.9 Å². The van der Waals surface area contributed by atoms with Crippen molar-refractivity contribution in [1.29, 1.82) is 0 Å². The van der Waals surface area contributed by atoms with Crippen molar-refractivity contribution in [3.63, 3.8) is 0 Å². The van der Waals surface area contributed by atoms with Gasteiger partial charge in [0.15, 0.2) is 0 Å². The smallest absolute Gasteiger partial charge is 0.317 e. The first-order valence-electron chi connectivity index (χ1n) is 10.6. The maximum Gasteiger partial charge on any atom is 0.317 e. The van der Waals surface area contributed by atoms with Crippen molar-refractivity contribution in [2.75, 3.05) is 26.2 Å². The second-order valence-electron chi connectivity index (χ2n) is 8.17. The van der Waals surface area contributed by atoms with Crippen molar-refractivity contribution in [3.05, 3.63) is 47.7 Å². The molecule has 0 spiro atoms. The number of hydrogen-bond acceptors (Lipinski definition) is 2. The van der Waals surface area contributed by atoms with E-state index in [1.165, 1.54) is 27.7 Å². The molecule has 2 amide bonds. The normalized spacial score (nSPS) is 24.0. The van der Waals surface area contributed by atoms with E-state index in [1.54, 1.807) is 0 Å². The molecule has 2 heterocycles. The van der Waals surface area contributed by atoms with Crippen LogP contribution in [-0.2, 0) is 6.42 Å². The van der Waals surface area contributed by atoms with Gasteiger partial charge in [0.1, 0.15) is 0 Å². The summed E-state index contributed by atoms with van der Waals surface area (Å²) in [6.07, 6.45) is 4.05. The zero-order chi connectivity index (χ0) is 19.8. The highest BCUT2D eigenvalue weighted by Gasteiger charge is 2.41. The van der Waals surface area contributed by atoms with Crippen LogP contribution in [0.15, 0.2) is 30.9 Å². The van der Waals surface area contributed by atoms with E-state index >= 15 is 0 Å². The van der Waals surface area contributed by atoms with Crippen LogP contribution in [0.1, 0.15) is 43.0 Å². The highest BCUT2D eigenvalue weighted by Crippen LogP contribution is 2.44. The molecule has 1 fully saturated rings. The summed E-state index contributed by atoms with van der Waals surface area (Å²) in [4.78, 5) is 20.6. The van der Waals surface area contributed by atoms with Gasteiger partial charge in [-0.2, -0.15) is 0 Å². The van der Waals surface area contributed by atoms with Crippen molar-refractivity contribution < 1.29 is 4.79 Å². The second-order valence-corrected chi connectivity index (χ2v) is 8.17. The van der Waals surface area contributed by atoms with E-state index in [0.29, 0.717) is 12.0 Å². The number of amides is 2. The number of likely N-dealkylation sites (tertiary alicyclic amines) is 1. The highest BCUT2D eigenvalue weighted by molar-refractivity contribution is 5.89. The van der Waals surface area contributed by atoms with Crippen LogP contribution in [0.3, 0.4) is 0 Å². The Morgan fingerprint density at radius 3 is 2.89 bits per heavy atom. The van der Waals surface area contributed by atoms with Gasteiger partial charge in [-0.15, -0.1) is 6.58 Å². The quantitative estimate of drug-likeness (QED) is 0.776. The molecule has 0 radical (unpaired) electrons. The molecular formula is C23H32N4O. The number of carbonyl (C=O) groups excluding carboxylic acids is 1. The third-order valence-corrected chi connectivity index (χ3v) is 6.65. The Morgan fingerprint density at radius 2 is 2.18 bits per heavy atom. The summed E-state index contributed by atoms with van der Waals surface area (Å²) < 4.78 is 0. The number of nitrogens with one attached hydrogen (secondary N) is 2. The Morgan fingerprint density at radius 1 is 1.39 bits per heavy atom. The summed E-state index contributed by atoms with van der Waals surface area (Å²) in [6, 6.07) is 7.31. The number of aromatic nitrogens is 1. The van der Waals surface area contributed by atoms with Crippen molar-refractivity contribution in [1.82, 2.24) is 20.1 Å². The number of carbonyl (C=O) groups is 1. The Balaban J connectivity index is 1.67. The molecule has 0 saturated carbocycles. The van der Waals surface area contributed by atoms with Gasteiger partial charge < -0.3 is 15.2 Å². The highest BCUT2D eigenvalue weighted by atomic mass is 16.2. The predicted molar refractivity (Wildman–Crippen MR) is 115 cm³/mol. The maximum atomic E-state index is 12.7. The summed E-state index contributed by atoms with van der Waals surface area (Å²) in [5.74, 6) is 0.433. The number of aromatic amines is 1. The number of benzene rings is 1. The fraction of sp³-hybridized carbons (Fsp3) is 0.522. The standard InChI is InChI=1S/C23H32N4O/c1-5-11-27-14-16(25-23(28)26(6-2)7-3)12-19-17-9-8-10-20-22(17)18(13-21(19)27)15(4)24-20/h5,8-10,16,19,21,24H,1,6-7,11-14H2,2-4H3,(H,25,28)/t16-,19?,21+/m0/s1. The van der Waals surface area contributed by atoms with Gasteiger partial charge in [0.2, 0.25) is 0 Å². The monoisotopic (exact) mass is 380 g/mol. The average Bonchev–Trinajstić information content (AvgIpc) is 3.00. The number of rotatable bonds is 5. The summed E-state index contributed by atoms with van der Waals surface area (Å²) in [7, 11) is 0. The second kappa shape index (κ2) is 7.63. The first-order chi connectivity index (χ1) is 13.6. The van der Waals surface area contributed by atoms with Crippen molar-refractivity contribution in [2.45, 2.75) is 51.6 Å². The van der Waals surface area contributed by atoms with Crippen LogP contribution in [0.4, 0.5) is 4.79 Å². The van der Waals surface area contributed by atoms with Crippen LogP contribution in [0.5, 0.6) is 0 Å². The molecule has 5 heteroatoms. The molecule has 2 aromatic rings. The minimum Gasteiger partial charge on any atom is -0.358 e. The molecule has 150 valence electrons. The minimum absolute atomic E-state index is 0.0548. The minimum atomic E-state index is 0.0548. The van der Waals surface area contributed by atoms with Crippen LogP contribution >= 0.6 is 0 Å². The number of urea groups is 1. The van der Waals surface area contributed by atoms with Crippen LogP contribution in [0.25, 0.3) is 10.9 Å². The number of hydrogen-bond donors (Lipinski definition) is 2. The van der Waals surface area contributed by atoms with Crippen LogP contribution in [0, 0.1) is 6.92 Å². The molecule has 2 aliphatic rings. The number of H-pyrrole nitrogens is 1. The number of nitrogens with zero attached hydrogens (tertiary/aromatic N) is 2. The van der Waals surface area contributed by atoms with Crippen molar-refractivity contribution in [3.8, 4) is 0 Å². The first kappa shape index (κ1) is 19.1. The van der Waals surface area contributed by atoms with E-state index in [0.717, 1.165) is 39.0 Å². The fourth-order valence-electron chi connectivity index (χ4n) is 5.32. The van der Waals surface area contributed by atoms with E-state index in [4.69, 9.17) is 0 Å². The topological polar surface area (TPSA) is 51.4 Å². The molecule has 1 aliphatic carbocycles. The van der Waals surface area contributed by atoms with Gasteiger partial charge in [0, 0.05) is 60.8 Å². The molecule has 3 atom stereocenters. The van der Waals surface area contributed by atoms with Crippen molar-refractivity contribution in [2.24, 2.45) is 0 Å². The molecule has 1 unspecified atom stereocenters. The molecule has 5 nitrogen and oxygen atoms in total. The number of aryl methyl sites for hydroxylation is 1. The number of piperidine rings is 1. The zero-order valence-electron chi connectivity index (χ0n) is 17.3. The Hall–Kier alpha value is -2.27. The maximum absolute atomic E-state index is 12.7. The lowest BCUT2D eigenvalue weighted by atomic mass is 9.73. The lowest BCUT2D eigenvalue weighted by molar-refractivity contribution is 0.110. The largest absolute Gasteiger partial charge is 0.358 e. The van der Waals surface area contributed by atoms with Gasteiger partial charge >= 0.3 is 6.03 Å².